The van der Waals surface area contributed by atoms with E-state index in [0.717, 1.165) is 16.7 Å². The molecule has 0 bridgehead atoms. The Kier molecular flexibility index (Phi) is 9.13. The number of carboxylic acid groups (broad SMARTS) is 1. The van der Waals surface area contributed by atoms with E-state index in [9.17, 15) is 9.59 Å². The molecule has 0 aliphatic carbocycles. The molecule has 31 heavy (non-hydrogen) atoms. The van der Waals surface area contributed by atoms with Crippen molar-refractivity contribution in [3.8, 4) is 11.5 Å². The van der Waals surface area contributed by atoms with E-state index in [1.807, 2.05) is 64.1 Å². The zero-order valence-electron chi connectivity index (χ0n) is 18.6. The molecule has 0 aromatic heterocycles. The Morgan fingerprint density at radius 1 is 1.06 bits per heavy atom. The molecule has 0 heterocycles. The van der Waals surface area contributed by atoms with Crippen molar-refractivity contribution in [2.45, 2.75) is 40.2 Å². The monoisotopic (exact) mass is 425 g/mol. The van der Waals surface area contributed by atoms with Gasteiger partial charge in [0.2, 0.25) is 5.91 Å². The van der Waals surface area contributed by atoms with Crippen LogP contribution in [0.15, 0.2) is 54.6 Å². The standard InChI is InChI=1S/C25H31NO5/c1-5-26(6-2)24(27)16-18(3)21-12-13-22(23(17-21)30-15-14-25(28)29)31-19(4)20-10-8-7-9-11-20/h7-13,16-17,19H,5-6,14-15H2,1-4H3,(H,28,29)/b18-16+. The third-order valence-corrected chi connectivity index (χ3v) is 4.96. The summed E-state index contributed by atoms with van der Waals surface area (Å²) < 4.78 is 11.9. The Labute approximate surface area is 184 Å². The van der Waals surface area contributed by atoms with Gasteiger partial charge in [0, 0.05) is 19.2 Å². The van der Waals surface area contributed by atoms with Gasteiger partial charge in [0.15, 0.2) is 11.5 Å². The van der Waals surface area contributed by atoms with Crippen LogP contribution in [0.2, 0.25) is 0 Å². The highest BCUT2D eigenvalue weighted by atomic mass is 16.5. The van der Waals surface area contributed by atoms with Gasteiger partial charge in [-0.25, -0.2) is 0 Å². The molecule has 0 aliphatic rings. The Morgan fingerprint density at radius 2 is 1.74 bits per heavy atom. The first-order valence-corrected chi connectivity index (χ1v) is 10.5. The lowest BCUT2D eigenvalue weighted by atomic mass is 10.1. The molecular weight excluding hydrogens is 394 g/mol. The fourth-order valence-corrected chi connectivity index (χ4v) is 3.09. The number of carbonyl (C=O) groups is 2. The summed E-state index contributed by atoms with van der Waals surface area (Å²) in [6.45, 7) is 9.01. The third-order valence-electron chi connectivity index (χ3n) is 4.96. The van der Waals surface area contributed by atoms with Crippen molar-refractivity contribution in [1.29, 1.82) is 0 Å². The number of amides is 1. The van der Waals surface area contributed by atoms with Crippen LogP contribution in [0.3, 0.4) is 0 Å². The molecule has 1 amide bonds. The number of rotatable bonds is 11. The van der Waals surface area contributed by atoms with E-state index < -0.39 is 5.97 Å². The Bertz CT molecular complexity index is 903. The fraction of sp³-hybridized carbons (Fsp3) is 0.360. The molecule has 0 saturated heterocycles. The highest BCUT2D eigenvalue weighted by molar-refractivity contribution is 5.95. The molecule has 1 unspecified atom stereocenters. The Balaban J connectivity index is 2.29. The molecule has 0 radical (unpaired) electrons. The predicted molar refractivity (Wildman–Crippen MR) is 121 cm³/mol. The number of hydrogen-bond donors (Lipinski definition) is 1. The largest absolute Gasteiger partial charge is 0.489 e. The van der Waals surface area contributed by atoms with Crippen molar-refractivity contribution in [2.75, 3.05) is 19.7 Å². The minimum absolute atomic E-state index is 0.0238. The second-order valence-corrected chi connectivity index (χ2v) is 7.16. The van der Waals surface area contributed by atoms with Gasteiger partial charge >= 0.3 is 5.97 Å². The van der Waals surface area contributed by atoms with Crippen molar-refractivity contribution >= 4 is 17.4 Å². The topological polar surface area (TPSA) is 76.1 Å². The number of likely N-dealkylation sites (N-methyl/N-ethyl adjacent to an activating group) is 1. The van der Waals surface area contributed by atoms with E-state index >= 15 is 0 Å². The van der Waals surface area contributed by atoms with Crippen LogP contribution in [-0.2, 0) is 9.59 Å². The van der Waals surface area contributed by atoms with Gasteiger partial charge in [0.25, 0.3) is 0 Å². The molecule has 0 fully saturated rings. The normalized spacial score (nSPS) is 12.2. The number of allylic oxidation sites excluding steroid dienone is 1. The molecule has 0 spiro atoms. The number of nitrogens with zero attached hydrogens (tertiary/aromatic N) is 1. The summed E-state index contributed by atoms with van der Waals surface area (Å²) in [5, 5.41) is 8.93. The number of benzene rings is 2. The third kappa shape index (κ3) is 7.17. The number of aliphatic carboxylic acids is 1. The van der Waals surface area contributed by atoms with Crippen molar-refractivity contribution in [3.05, 3.63) is 65.7 Å². The van der Waals surface area contributed by atoms with Gasteiger partial charge in [-0.2, -0.15) is 0 Å². The van der Waals surface area contributed by atoms with Crippen LogP contribution in [0, 0.1) is 0 Å². The van der Waals surface area contributed by atoms with Gasteiger partial charge in [-0.3, -0.25) is 9.59 Å². The second-order valence-electron chi connectivity index (χ2n) is 7.16. The summed E-state index contributed by atoms with van der Waals surface area (Å²) in [6, 6.07) is 15.3. The van der Waals surface area contributed by atoms with Crippen LogP contribution in [-0.4, -0.2) is 41.6 Å². The molecule has 1 atom stereocenters. The molecule has 2 aromatic rings. The quantitative estimate of drug-likeness (QED) is 0.516. The zero-order chi connectivity index (χ0) is 22.8. The van der Waals surface area contributed by atoms with Crippen LogP contribution in [0.25, 0.3) is 5.57 Å². The van der Waals surface area contributed by atoms with Crippen LogP contribution < -0.4 is 9.47 Å². The van der Waals surface area contributed by atoms with Gasteiger partial charge in [0.1, 0.15) is 6.10 Å². The van der Waals surface area contributed by atoms with Gasteiger partial charge in [-0.15, -0.1) is 0 Å². The maximum absolute atomic E-state index is 12.4. The van der Waals surface area contributed by atoms with Gasteiger partial charge in [-0.05, 0) is 56.5 Å². The highest BCUT2D eigenvalue weighted by Gasteiger charge is 2.14. The van der Waals surface area contributed by atoms with Gasteiger partial charge < -0.3 is 19.5 Å². The lowest BCUT2D eigenvalue weighted by molar-refractivity contribution is -0.137. The van der Waals surface area contributed by atoms with E-state index in [1.165, 1.54) is 0 Å². The first kappa shape index (κ1) is 24.0. The average Bonchev–Trinajstić information content (AvgIpc) is 2.75. The van der Waals surface area contributed by atoms with Crippen LogP contribution in [0.5, 0.6) is 11.5 Å². The predicted octanol–water partition coefficient (Wildman–Crippen LogP) is 4.95. The first-order chi connectivity index (χ1) is 14.8. The molecular formula is C25H31NO5. The molecule has 6 nitrogen and oxygen atoms in total. The summed E-state index contributed by atoms with van der Waals surface area (Å²) in [7, 11) is 0. The second kappa shape index (κ2) is 11.8. The molecule has 2 aromatic carbocycles. The van der Waals surface area contributed by atoms with Gasteiger partial charge in [0.05, 0.1) is 13.0 Å². The maximum atomic E-state index is 12.4. The lowest BCUT2D eigenvalue weighted by Crippen LogP contribution is -2.28. The van der Waals surface area contributed by atoms with Crippen molar-refractivity contribution in [3.63, 3.8) is 0 Å². The number of hydrogen-bond acceptors (Lipinski definition) is 4. The van der Waals surface area contributed by atoms with E-state index in [2.05, 4.69) is 0 Å². The molecule has 166 valence electrons. The molecule has 2 rings (SSSR count). The summed E-state index contributed by atoms with van der Waals surface area (Å²) in [5.41, 5.74) is 2.62. The number of carbonyl (C=O) groups excluding carboxylic acids is 1. The fourth-order valence-electron chi connectivity index (χ4n) is 3.09. The summed E-state index contributed by atoms with van der Waals surface area (Å²) in [5.74, 6) is -0.0102. The van der Waals surface area contributed by atoms with E-state index in [4.69, 9.17) is 14.6 Å². The van der Waals surface area contributed by atoms with E-state index in [-0.39, 0.29) is 25.0 Å². The smallest absolute Gasteiger partial charge is 0.306 e. The summed E-state index contributed by atoms with van der Waals surface area (Å²) in [4.78, 5) is 25.1. The molecule has 0 saturated carbocycles. The van der Waals surface area contributed by atoms with Crippen molar-refractivity contribution in [1.82, 2.24) is 4.90 Å². The van der Waals surface area contributed by atoms with Crippen LogP contribution >= 0.6 is 0 Å². The molecule has 1 N–H and O–H groups in total. The number of ether oxygens (including phenoxy) is 2. The summed E-state index contributed by atoms with van der Waals surface area (Å²) >= 11 is 0. The van der Waals surface area contributed by atoms with Crippen molar-refractivity contribution in [2.24, 2.45) is 0 Å². The number of carboxylic acids is 1. The first-order valence-electron chi connectivity index (χ1n) is 10.5. The maximum Gasteiger partial charge on any atom is 0.306 e. The minimum Gasteiger partial charge on any atom is -0.489 e. The van der Waals surface area contributed by atoms with E-state index in [1.54, 1.807) is 23.1 Å². The molecule has 0 aliphatic heterocycles. The SMILES string of the molecule is CCN(CC)C(=O)/C=C(\C)c1ccc(OC(C)c2ccccc2)c(OCCC(=O)O)c1. The van der Waals surface area contributed by atoms with Crippen LogP contribution in [0.1, 0.15) is 51.3 Å². The highest BCUT2D eigenvalue weighted by Crippen LogP contribution is 2.34. The van der Waals surface area contributed by atoms with E-state index in [0.29, 0.717) is 24.6 Å². The van der Waals surface area contributed by atoms with Crippen molar-refractivity contribution < 1.29 is 24.2 Å². The Morgan fingerprint density at radius 3 is 2.35 bits per heavy atom. The minimum atomic E-state index is -0.933. The molecule has 6 heteroatoms. The average molecular weight is 426 g/mol. The Hall–Kier alpha value is -3.28. The van der Waals surface area contributed by atoms with Crippen LogP contribution in [0.4, 0.5) is 0 Å². The summed E-state index contributed by atoms with van der Waals surface area (Å²) in [6.07, 6.45) is 1.28. The lowest BCUT2D eigenvalue weighted by Gasteiger charge is -2.19. The zero-order valence-corrected chi connectivity index (χ0v) is 18.6. The van der Waals surface area contributed by atoms with Gasteiger partial charge in [-0.1, -0.05) is 36.4 Å².